The number of sulfonamides is 1. The fraction of sp³-hybridized carbons (Fsp3) is 0.200. The second-order valence-corrected chi connectivity index (χ2v) is 6.59. The van der Waals surface area contributed by atoms with Crippen molar-refractivity contribution in [2.75, 3.05) is 7.11 Å². The minimum atomic E-state index is -3.63. The maximum absolute atomic E-state index is 12.4. The lowest BCUT2D eigenvalue weighted by atomic mass is 10.2. The molecule has 0 N–H and O–H groups in total. The van der Waals surface area contributed by atoms with E-state index in [2.05, 4.69) is 0 Å². The lowest BCUT2D eigenvalue weighted by molar-refractivity contribution is 0.283. The van der Waals surface area contributed by atoms with Gasteiger partial charge in [0.2, 0.25) is 0 Å². The van der Waals surface area contributed by atoms with E-state index in [1.54, 1.807) is 55.6 Å². The molecular weight excluding hydrogens is 290 g/mol. The van der Waals surface area contributed by atoms with Gasteiger partial charge in [-0.25, -0.2) is 8.42 Å². The van der Waals surface area contributed by atoms with Crippen LogP contribution in [0.1, 0.15) is 17.4 Å². The van der Waals surface area contributed by atoms with E-state index in [0.29, 0.717) is 5.75 Å². The van der Waals surface area contributed by atoms with Gasteiger partial charge in [0.25, 0.3) is 10.0 Å². The molecule has 2 aromatic carbocycles. The highest BCUT2D eigenvalue weighted by atomic mass is 32.2. The minimum Gasteiger partial charge on any atom is -0.497 e. The number of rotatable bonds is 4. The Kier molecular flexibility index (Phi) is 3.44. The first-order valence-corrected chi connectivity index (χ1v) is 7.88. The summed E-state index contributed by atoms with van der Waals surface area (Å²) in [4.78, 5) is 5.46. The van der Waals surface area contributed by atoms with Gasteiger partial charge >= 0.3 is 0 Å². The third-order valence-corrected chi connectivity index (χ3v) is 4.90. The predicted molar refractivity (Wildman–Crippen MR) is 77.0 cm³/mol. The molecule has 3 rings (SSSR count). The summed E-state index contributed by atoms with van der Waals surface area (Å²) < 4.78 is 31.0. The van der Waals surface area contributed by atoms with Gasteiger partial charge in [-0.2, -0.15) is 0 Å². The van der Waals surface area contributed by atoms with Gasteiger partial charge in [0.05, 0.1) is 12.0 Å². The fourth-order valence-electron chi connectivity index (χ4n) is 2.05. The first kappa shape index (κ1) is 14.1. The van der Waals surface area contributed by atoms with E-state index in [1.807, 2.05) is 6.92 Å². The number of hydrogen-bond acceptors (Lipinski definition) is 4. The Morgan fingerprint density at radius 1 is 1.14 bits per heavy atom. The average molecular weight is 305 g/mol. The summed E-state index contributed by atoms with van der Waals surface area (Å²) in [6.45, 7) is 1.91. The van der Waals surface area contributed by atoms with E-state index in [-0.39, 0.29) is 4.90 Å². The van der Waals surface area contributed by atoms with Gasteiger partial charge in [-0.3, -0.25) is 4.84 Å². The highest BCUT2D eigenvalue weighted by Gasteiger charge is 2.48. The molecule has 1 unspecified atom stereocenters. The molecule has 1 fully saturated rings. The van der Waals surface area contributed by atoms with E-state index in [9.17, 15) is 8.42 Å². The monoisotopic (exact) mass is 305 g/mol. The van der Waals surface area contributed by atoms with Crippen LogP contribution in [-0.2, 0) is 14.9 Å². The topological polar surface area (TPSA) is 58.9 Å². The number of hydrogen-bond donors (Lipinski definition) is 0. The summed E-state index contributed by atoms with van der Waals surface area (Å²) in [5.74, 6) is 0.663. The summed E-state index contributed by atoms with van der Waals surface area (Å²) in [6, 6.07) is 13.8. The van der Waals surface area contributed by atoms with Gasteiger partial charge in [0, 0.05) is 5.56 Å². The third-order valence-electron chi connectivity index (χ3n) is 3.28. The molecule has 0 radical (unpaired) electrons. The molecule has 1 aliphatic heterocycles. The first-order chi connectivity index (χ1) is 10.0. The molecule has 1 saturated heterocycles. The van der Waals surface area contributed by atoms with Crippen LogP contribution in [0.4, 0.5) is 0 Å². The van der Waals surface area contributed by atoms with Crippen molar-refractivity contribution in [1.82, 2.24) is 4.47 Å². The Bertz CT molecular complexity index is 755. The van der Waals surface area contributed by atoms with E-state index in [4.69, 9.17) is 9.57 Å². The van der Waals surface area contributed by atoms with Crippen LogP contribution >= 0.6 is 0 Å². The largest absolute Gasteiger partial charge is 0.497 e. The van der Waals surface area contributed by atoms with Crippen LogP contribution in [0.2, 0.25) is 0 Å². The molecule has 21 heavy (non-hydrogen) atoms. The van der Waals surface area contributed by atoms with Gasteiger partial charge < -0.3 is 4.74 Å². The molecule has 6 heteroatoms. The predicted octanol–water partition coefficient (Wildman–Crippen LogP) is 2.64. The number of aryl methyl sites for hydroxylation is 1. The summed E-state index contributed by atoms with van der Waals surface area (Å²) in [5, 5.41) is 0. The van der Waals surface area contributed by atoms with Crippen molar-refractivity contribution in [1.29, 1.82) is 0 Å². The summed E-state index contributed by atoms with van der Waals surface area (Å²) in [6.07, 6.45) is -0.591. The van der Waals surface area contributed by atoms with Crippen LogP contribution in [0.25, 0.3) is 0 Å². The summed E-state index contributed by atoms with van der Waals surface area (Å²) in [7, 11) is -2.07. The van der Waals surface area contributed by atoms with Crippen molar-refractivity contribution in [3.8, 4) is 5.75 Å². The van der Waals surface area contributed by atoms with E-state index >= 15 is 0 Å². The van der Waals surface area contributed by atoms with E-state index < -0.39 is 16.3 Å². The van der Waals surface area contributed by atoms with E-state index in [1.165, 1.54) is 0 Å². The normalized spacial score (nSPS) is 21.0. The molecule has 1 heterocycles. The molecule has 0 aromatic heterocycles. The Balaban J connectivity index is 1.84. The number of nitrogens with zero attached hydrogens (tertiary/aromatic N) is 1. The van der Waals surface area contributed by atoms with Crippen molar-refractivity contribution < 1.29 is 18.0 Å². The van der Waals surface area contributed by atoms with Gasteiger partial charge in [-0.15, -0.1) is 0 Å². The molecule has 0 amide bonds. The van der Waals surface area contributed by atoms with Crippen molar-refractivity contribution in [3.63, 3.8) is 0 Å². The van der Waals surface area contributed by atoms with Crippen LogP contribution in [0.5, 0.6) is 5.75 Å². The zero-order chi connectivity index (χ0) is 15.0. The molecule has 0 spiro atoms. The molecule has 110 valence electrons. The SMILES string of the molecule is COc1cccc([C@H]2ON2S(=O)(=O)c2ccc(C)cc2)c1. The highest BCUT2D eigenvalue weighted by Crippen LogP contribution is 2.42. The van der Waals surface area contributed by atoms with Crippen molar-refractivity contribution in [2.45, 2.75) is 18.0 Å². The molecule has 5 nitrogen and oxygen atoms in total. The number of hydroxylamine groups is 1. The zero-order valence-electron chi connectivity index (χ0n) is 11.7. The average Bonchev–Trinajstić information content (AvgIpc) is 3.29. The Morgan fingerprint density at radius 2 is 1.86 bits per heavy atom. The van der Waals surface area contributed by atoms with Gasteiger partial charge in [-0.05, 0) is 35.7 Å². The molecule has 2 atom stereocenters. The van der Waals surface area contributed by atoms with Crippen molar-refractivity contribution in [2.24, 2.45) is 0 Å². The molecule has 1 aliphatic rings. The maximum atomic E-state index is 12.4. The number of ether oxygens (including phenoxy) is 1. The third kappa shape index (κ3) is 2.65. The lowest BCUT2D eigenvalue weighted by Gasteiger charge is -2.04. The van der Waals surface area contributed by atoms with Crippen LogP contribution < -0.4 is 4.74 Å². The smallest absolute Gasteiger partial charge is 0.267 e. The maximum Gasteiger partial charge on any atom is 0.267 e. The molecule has 0 bridgehead atoms. The van der Waals surface area contributed by atoms with Crippen LogP contribution in [-0.4, -0.2) is 20.0 Å². The highest BCUT2D eigenvalue weighted by molar-refractivity contribution is 7.89. The standard InChI is InChI=1S/C15H15NO4S/c1-11-6-8-14(9-7-11)21(17,18)16-15(20-16)12-4-3-5-13(10-12)19-2/h3-10,15H,1-2H3/t15-,16?/m1/s1. The second kappa shape index (κ2) is 5.14. The van der Waals surface area contributed by atoms with Crippen molar-refractivity contribution in [3.05, 3.63) is 59.7 Å². The van der Waals surface area contributed by atoms with Gasteiger partial charge in [0.1, 0.15) is 5.75 Å². The van der Waals surface area contributed by atoms with E-state index in [0.717, 1.165) is 15.6 Å². The van der Waals surface area contributed by atoms with Crippen LogP contribution in [0, 0.1) is 6.92 Å². The fourth-order valence-corrected chi connectivity index (χ4v) is 3.30. The van der Waals surface area contributed by atoms with Gasteiger partial charge in [0.15, 0.2) is 6.23 Å². The Hall–Kier alpha value is -1.89. The molecule has 0 saturated carbocycles. The Morgan fingerprint density at radius 3 is 2.52 bits per heavy atom. The lowest BCUT2D eigenvalue weighted by Crippen LogP contribution is -2.12. The molecule has 2 aromatic rings. The van der Waals surface area contributed by atoms with Crippen molar-refractivity contribution >= 4 is 10.0 Å². The number of benzene rings is 2. The quantitative estimate of drug-likeness (QED) is 0.815. The number of methoxy groups -OCH3 is 1. The summed E-state index contributed by atoms with van der Waals surface area (Å²) in [5.41, 5.74) is 1.75. The second-order valence-electron chi connectivity index (χ2n) is 4.81. The van der Waals surface area contributed by atoms with Crippen LogP contribution in [0.15, 0.2) is 53.4 Å². The molecular formula is C15H15NO4S. The van der Waals surface area contributed by atoms with Crippen LogP contribution in [0.3, 0.4) is 0 Å². The molecule has 0 aliphatic carbocycles. The summed E-state index contributed by atoms with van der Waals surface area (Å²) >= 11 is 0. The first-order valence-electron chi connectivity index (χ1n) is 6.44. The van der Waals surface area contributed by atoms with Gasteiger partial charge in [-0.1, -0.05) is 29.8 Å². The Labute approximate surface area is 123 Å². The minimum absolute atomic E-state index is 0.221. The zero-order valence-corrected chi connectivity index (χ0v) is 12.5.